The molecule has 6 nitrogen and oxygen atoms in total. The zero-order chi connectivity index (χ0) is 16.2. The van der Waals surface area contributed by atoms with E-state index in [1.165, 1.54) is 18.4 Å². The van der Waals surface area contributed by atoms with Crippen molar-refractivity contribution < 1.29 is 13.2 Å². The second kappa shape index (κ2) is 6.99. The van der Waals surface area contributed by atoms with Crippen LogP contribution in [0.3, 0.4) is 0 Å². The van der Waals surface area contributed by atoms with E-state index >= 15 is 0 Å². The third-order valence-corrected chi connectivity index (χ3v) is 5.56. The fraction of sp³-hybridized carbons (Fsp3) is 0.286. The molecule has 0 aliphatic rings. The lowest BCUT2D eigenvalue weighted by Crippen LogP contribution is -2.32. The fourth-order valence-electron chi connectivity index (χ4n) is 1.79. The number of rotatable bonds is 6. The van der Waals surface area contributed by atoms with Crippen LogP contribution in [0.4, 0.5) is 0 Å². The van der Waals surface area contributed by atoms with Gasteiger partial charge in [0.25, 0.3) is 5.91 Å². The molecule has 1 aromatic heterocycles. The van der Waals surface area contributed by atoms with Crippen LogP contribution in [0.15, 0.2) is 30.3 Å². The van der Waals surface area contributed by atoms with Crippen LogP contribution in [-0.4, -0.2) is 38.7 Å². The number of aryl methyl sites for hydroxylation is 1. The molecule has 22 heavy (non-hydrogen) atoms. The van der Waals surface area contributed by atoms with Gasteiger partial charge in [-0.05, 0) is 14.0 Å². The minimum atomic E-state index is -3.32. The number of sulfonamides is 1. The minimum absolute atomic E-state index is 0.0556. The Labute approximate surface area is 133 Å². The Hall–Kier alpha value is -1.77. The third-order valence-electron chi connectivity index (χ3n) is 2.99. The second-order valence-electron chi connectivity index (χ2n) is 4.58. The summed E-state index contributed by atoms with van der Waals surface area (Å²) in [6.45, 7) is 1.82. The minimum Gasteiger partial charge on any atom is -0.350 e. The first kappa shape index (κ1) is 16.6. The first-order valence-corrected chi connectivity index (χ1v) is 9.12. The van der Waals surface area contributed by atoms with Gasteiger partial charge in [-0.2, -0.15) is 0 Å². The molecule has 0 unspecified atom stereocenters. The van der Waals surface area contributed by atoms with Crippen molar-refractivity contribution in [2.24, 2.45) is 0 Å². The molecule has 2 N–H and O–H groups in total. The standard InChI is InChI=1S/C14H17N3O3S2/c1-10-12(13(18)16-8-9-22(19,20)15-2)21-14(17-10)11-6-4-3-5-7-11/h3-7,15H,8-9H2,1-2H3,(H,16,18). The topological polar surface area (TPSA) is 88.2 Å². The molecule has 2 aromatic rings. The molecule has 1 heterocycles. The summed E-state index contributed by atoms with van der Waals surface area (Å²) in [6, 6.07) is 9.60. The number of nitrogens with zero attached hydrogens (tertiary/aromatic N) is 1. The van der Waals surface area contributed by atoms with Crippen LogP contribution in [0, 0.1) is 6.92 Å². The summed E-state index contributed by atoms with van der Waals surface area (Å²) < 4.78 is 24.8. The second-order valence-corrected chi connectivity index (χ2v) is 7.62. The highest BCUT2D eigenvalue weighted by Crippen LogP contribution is 2.27. The smallest absolute Gasteiger partial charge is 0.263 e. The molecule has 0 aliphatic heterocycles. The zero-order valence-corrected chi connectivity index (χ0v) is 13.9. The first-order valence-electron chi connectivity index (χ1n) is 6.65. The molecule has 118 valence electrons. The fourth-order valence-corrected chi connectivity index (χ4v) is 3.36. The number of benzene rings is 1. The van der Waals surface area contributed by atoms with Gasteiger partial charge in [-0.1, -0.05) is 30.3 Å². The van der Waals surface area contributed by atoms with Gasteiger partial charge in [0.2, 0.25) is 10.0 Å². The predicted octanol–water partition coefficient (Wildman–Crippen LogP) is 1.40. The molecule has 0 radical (unpaired) electrons. The number of amides is 1. The summed E-state index contributed by atoms with van der Waals surface area (Å²) in [4.78, 5) is 17.0. The van der Waals surface area contributed by atoms with Crippen molar-refractivity contribution in [1.29, 1.82) is 0 Å². The van der Waals surface area contributed by atoms with Crippen LogP contribution in [0.2, 0.25) is 0 Å². The van der Waals surface area contributed by atoms with Crippen molar-refractivity contribution in [3.63, 3.8) is 0 Å². The summed E-state index contributed by atoms with van der Waals surface area (Å²) in [7, 11) is -1.98. The van der Waals surface area contributed by atoms with E-state index in [-0.39, 0.29) is 18.2 Å². The Bertz CT molecular complexity index is 755. The molecule has 0 saturated heterocycles. The molecule has 0 atom stereocenters. The molecule has 1 aromatic carbocycles. The molecule has 0 bridgehead atoms. The maximum absolute atomic E-state index is 12.1. The number of aromatic nitrogens is 1. The lowest BCUT2D eigenvalue weighted by atomic mass is 10.2. The maximum Gasteiger partial charge on any atom is 0.263 e. The van der Waals surface area contributed by atoms with Crippen LogP contribution in [-0.2, 0) is 10.0 Å². The average molecular weight is 339 g/mol. The Morgan fingerprint density at radius 3 is 2.59 bits per heavy atom. The molecule has 2 rings (SSSR count). The van der Waals surface area contributed by atoms with Crippen molar-refractivity contribution >= 4 is 27.3 Å². The van der Waals surface area contributed by atoms with Gasteiger partial charge in [-0.25, -0.2) is 18.1 Å². The van der Waals surface area contributed by atoms with Crippen molar-refractivity contribution in [2.45, 2.75) is 6.92 Å². The number of hydrogen-bond acceptors (Lipinski definition) is 5. The Kier molecular flexibility index (Phi) is 5.28. The quantitative estimate of drug-likeness (QED) is 0.832. The monoisotopic (exact) mass is 339 g/mol. The summed E-state index contributed by atoms with van der Waals surface area (Å²) in [5, 5.41) is 3.38. The van der Waals surface area contributed by atoms with Crippen LogP contribution < -0.4 is 10.0 Å². The number of hydrogen-bond donors (Lipinski definition) is 2. The Morgan fingerprint density at radius 1 is 1.27 bits per heavy atom. The zero-order valence-electron chi connectivity index (χ0n) is 12.3. The van der Waals surface area contributed by atoms with E-state index in [4.69, 9.17) is 0 Å². The van der Waals surface area contributed by atoms with E-state index in [2.05, 4.69) is 15.0 Å². The summed E-state index contributed by atoms with van der Waals surface area (Å²) in [5.74, 6) is -0.456. The molecule has 0 fully saturated rings. The van der Waals surface area contributed by atoms with E-state index < -0.39 is 10.0 Å². The normalized spacial score (nSPS) is 11.4. The molecule has 8 heteroatoms. The van der Waals surface area contributed by atoms with Crippen molar-refractivity contribution in [1.82, 2.24) is 15.0 Å². The molecular weight excluding hydrogens is 322 g/mol. The van der Waals surface area contributed by atoms with Gasteiger partial charge in [0, 0.05) is 12.1 Å². The van der Waals surface area contributed by atoms with Gasteiger partial charge in [-0.3, -0.25) is 4.79 Å². The predicted molar refractivity (Wildman–Crippen MR) is 87.5 cm³/mol. The van der Waals surface area contributed by atoms with Gasteiger partial charge >= 0.3 is 0 Å². The van der Waals surface area contributed by atoms with E-state index in [9.17, 15) is 13.2 Å². The first-order chi connectivity index (χ1) is 10.4. The summed E-state index contributed by atoms with van der Waals surface area (Å²) in [5.41, 5.74) is 1.59. The highest BCUT2D eigenvalue weighted by molar-refractivity contribution is 7.89. The van der Waals surface area contributed by atoms with Gasteiger partial charge in [0.05, 0.1) is 11.4 Å². The van der Waals surface area contributed by atoms with Crippen LogP contribution in [0.5, 0.6) is 0 Å². The Balaban J connectivity index is 2.06. The number of carbonyl (C=O) groups excluding carboxylic acids is 1. The molecule has 1 amide bonds. The SMILES string of the molecule is CNS(=O)(=O)CCNC(=O)c1sc(-c2ccccc2)nc1C. The number of nitrogens with one attached hydrogen (secondary N) is 2. The third kappa shape index (κ3) is 4.12. The van der Waals surface area contributed by atoms with Crippen LogP contribution in [0.1, 0.15) is 15.4 Å². The van der Waals surface area contributed by atoms with Crippen molar-refractivity contribution in [2.75, 3.05) is 19.3 Å². The van der Waals surface area contributed by atoms with Gasteiger partial charge < -0.3 is 5.32 Å². The highest BCUT2D eigenvalue weighted by atomic mass is 32.2. The number of carbonyl (C=O) groups is 1. The molecule has 0 aliphatic carbocycles. The largest absolute Gasteiger partial charge is 0.350 e. The highest BCUT2D eigenvalue weighted by Gasteiger charge is 2.16. The average Bonchev–Trinajstić information content (AvgIpc) is 2.90. The van der Waals surface area contributed by atoms with Gasteiger partial charge in [0.1, 0.15) is 9.88 Å². The van der Waals surface area contributed by atoms with E-state index in [1.807, 2.05) is 30.3 Å². The van der Waals surface area contributed by atoms with E-state index in [0.717, 1.165) is 10.6 Å². The number of thiazole rings is 1. The van der Waals surface area contributed by atoms with Crippen LogP contribution in [0.25, 0.3) is 10.6 Å². The lowest BCUT2D eigenvalue weighted by molar-refractivity contribution is 0.0959. The summed E-state index contributed by atoms with van der Waals surface area (Å²) >= 11 is 1.30. The molecule has 0 spiro atoms. The van der Waals surface area contributed by atoms with E-state index in [0.29, 0.717) is 10.6 Å². The van der Waals surface area contributed by atoms with Crippen molar-refractivity contribution in [3.05, 3.63) is 40.9 Å². The van der Waals surface area contributed by atoms with Gasteiger partial charge in [-0.15, -0.1) is 11.3 Å². The van der Waals surface area contributed by atoms with Crippen molar-refractivity contribution in [3.8, 4) is 10.6 Å². The summed E-state index contributed by atoms with van der Waals surface area (Å²) in [6.07, 6.45) is 0. The lowest BCUT2D eigenvalue weighted by Gasteiger charge is -2.04. The van der Waals surface area contributed by atoms with Crippen LogP contribution >= 0.6 is 11.3 Å². The van der Waals surface area contributed by atoms with Gasteiger partial charge in [0.15, 0.2) is 0 Å². The molecule has 0 saturated carbocycles. The van der Waals surface area contributed by atoms with E-state index in [1.54, 1.807) is 6.92 Å². The molecular formula is C14H17N3O3S2. The Morgan fingerprint density at radius 2 is 1.95 bits per heavy atom. The maximum atomic E-state index is 12.1.